The Kier molecular flexibility index (Phi) is 3.16. The molecule has 0 saturated carbocycles. The summed E-state index contributed by atoms with van der Waals surface area (Å²) in [6.45, 7) is 4.43. The molecule has 2 unspecified atom stereocenters. The molecule has 0 bridgehead atoms. The van der Waals surface area contributed by atoms with Gasteiger partial charge < -0.3 is 5.32 Å². The van der Waals surface area contributed by atoms with E-state index in [2.05, 4.69) is 68.7 Å². The van der Waals surface area contributed by atoms with Crippen molar-refractivity contribution in [2.24, 2.45) is 0 Å². The molecule has 1 N–H and O–H groups in total. The summed E-state index contributed by atoms with van der Waals surface area (Å²) in [6, 6.07) is 15.9. The van der Waals surface area contributed by atoms with Gasteiger partial charge in [0, 0.05) is 12.0 Å². The fourth-order valence-electron chi connectivity index (χ4n) is 3.28. The Balaban J connectivity index is 1.97. The molecule has 0 fully saturated rings. The zero-order chi connectivity index (χ0) is 13.4. The molecule has 0 amide bonds. The third kappa shape index (κ3) is 1.98. The van der Waals surface area contributed by atoms with E-state index in [-0.39, 0.29) is 0 Å². The van der Waals surface area contributed by atoms with Crippen LogP contribution in [0.25, 0.3) is 0 Å². The van der Waals surface area contributed by atoms with Gasteiger partial charge in [-0.25, -0.2) is 0 Å². The lowest BCUT2D eigenvalue weighted by molar-refractivity contribution is 0.437. The highest BCUT2D eigenvalue weighted by molar-refractivity contribution is 5.45. The first-order chi connectivity index (χ1) is 9.22. The second-order valence-corrected chi connectivity index (χ2v) is 5.56. The Bertz CT molecular complexity index is 600. The summed E-state index contributed by atoms with van der Waals surface area (Å²) in [6.07, 6.45) is 1.19. The van der Waals surface area contributed by atoms with E-state index in [1.807, 2.05) is 0 Å². The first kappa shape index (κ1) is 12.4. The van der Waals surface area contributed by atoms with Crippen LogP contribution in [0.5, 0.6) is 0 Å². The number of nitrogens with one attached hydrogen (secondary N) is 1. The predicted octanol–water partition coefficient (Wildman–Crippen LogP) is 3.90. The molecule has 1 nitrogen and oxygen atoms in total. The van der Waals surface area contributed by atoms with Gasteiger partial charge in [0.15, 0.2) is 0 Å². The van der Waals surface area contributed by atoms with E-state index in [9.17, 15) is 0 Å². The summed E-state index contributed by atoms with van der Waals surface area (Å²) in [5.41, 5.74) is 7.28. The van der Waals surface area contributed by atoms with Crippen LogP contribution in [-0.4, -0.2) is 7.05 Å². The summed E-state index contributed by atoms with van der Waals surface area (Å²) in [7, 11) is 2.08. The van der Waals surface area contributed by atoms with Crippen LogP contribution in [0, 0.1) is 13.8 Å². The molecule has 2 aromatic rings. The van der Waals surface area contributed by atoms with Crippen LogP contribution < -0.4 is 5.32 Å². The van der Waals surface area contributed by atoms with Crippen LogP contribution in [0.3, 0.4) is 0 Å². The van der Waals surface area contributed by atoms with E-state index in [1.54, 1.807) is 0 Å². The van der Waals surface area contributed by atoms with E-state index in [4.69, 9.17) is 0 Å². The Labute approximate surface area is 115 Å². The van der Waals surface area contributed by atoms with E-state index in [0.29, 0.717) is 12.0 Å². The molecule has 0 aromatic heterocycles. The lowest BCUT2D eigenvalue weighted by Crippen LogP contribution is -2.31. The number of benzene rings is 2. The molecule has 0 saturated heterocycles. The van der Waals surface area contributed by atoms with E-state index in [0.717, 1.165) is 0 Å². The topological polar surface area (TPSA) is 12.0 Å². The minimum Gasteiger partial charge on any atom is -0.312 e. The lowest BCUT2D eigenvalue weighted by Gasteiger charge is -2.37. The summed E-state index contributed by atoms with van der Waals surface area (Å²) in [4.78, 5) is 0. The van der Waals surface area contributed by atoms with E-state index in [1.165, 1.54) is 34.2 Å². The quantitative estimate of drug-likeness (QED) is 0.872. The molecular weight excluding hydrogens is 230 g/mol. The predicted molar refractivity (Wildman–Crippen MR) is 80.6 cm³/mol. The van der Waals surface area contributed by atoms with Crippen LogP contribution in [0.2, 0.25) is 0 Å². The summed E-state index contributed by atoms with van der Waals surface area (Å²) in [5, 5.41) is 3.53. The molecule has 2 atom stereocenters. The van der Waals surface area contributed by atoms with Crippen molar-refractivity contribution in [1.29, 1.82) is 0 Å². The largest absolute Gasteiger partial charge is 0.312 e. The number of likely N-dealkylation sites (N-methyl/N-ethyl adjacent to an activating group) is 1. The maximum atomic E-state index is 3.53. The van der Waals surface area contributed by atoms with Crippen molar-refractivity contribution in [3.63, 3.8) is 0 Å². The van der Waals surface area contributed by atoms with Crippen molar-refractivity contribution in [3.8, 4) is 0 Å². The summed E-state index contributed by atoms with van der Waals surface area (Å²) < 4.78 is 0. The van der Waals surface area contributed by atoms with Crippen LogP contribution in [0.15, 0.2) is 42.5 Å². The molecule has 98 valence electrons. The first-order valence-electron chi connectivity index (χ1n) is 7.03. The van der Waals surface area contributed by atoms with Gasteiger partial charge in [0.1, 0.15) is 0 Å². The second kappa shape index (κ2) is 4.82. The van der Waals surface area contributed by atoms with Crippen molar-refractivity contribution < 1.29 is 0 Å². The van der Waals surface area contributed by atoms with Crippen LogP contribution in [0.4, 0.5) is 0 Å². The molecule has 0 spiro atoms. The highest BCUT2D eigenvalue weighted by Crippen LogP contribution is 2.44. The molecule has 3 rings (SSSR count). The Morgan fingerprint density at radius 2 is 1.84 bits per heavy atom. The van der Waals surface area contributed by atoms with Crippen molar-refractivity contribution in [2.75, 3.05) is 7.05 Å². The summed E-state index contributed by atoms with van der Waals surface area (Å²) in [5.74, 6) is 0.613. The van der Waals surface area contributed by atoms with Crippen LogP contribution in [-0.2, 0) is 6.42 Å². The number of fused-ring (bicyclic) bond motifs is 1. The van der Waals surface area contributed by atoms with Gasteiger partial charge in [0.2, 0.25) is 0 Å². The van der Waals surface area contributed by atoms with Crippen molar-refractivity contribution >= 4 is 0 Å². The van der Waals surface area contributed by atoms with Gasteiger partial charge in [-0.05, 0) is 55.1 Å². The number of aryl methyl sites for hydroxylation is 1. The molecule has 0 heterocycles. The van der Waals surface area contributed by atoms with Gasteiger partial charge in [0.25, 0.3) is 0 Å². The van der Waals surface area contributed by atoms with Gasteiger partial charge >= 0.3 is 0 Å². The van der Waals surface area contributed by atoms with Crippen LogP contribution in [0.1, 0.15) is 39.8 Å². The van der Waals surface area contributed by atoms with Crippen LogP contribution >= 0.6 is 0 Å². The van der Waals surface area contributed by atoms with Crippen molar-refractivity contribution in [1.82, 2.24) is 5.32 Å². The maximum Gasteiger partial charge on any atom is 0.0393 e. The lowest BCUT2D eigenvalue weighted by atomic mass is 9.71. The first-order valence-corrected chi connectivity index (χ1v) is 7.03. The molecule has 1 aliphatic carbocycles. The highest BCUT2D eigenvalue weighted by Gasteiger charge is 2.33. The zero-order valence-corrected chi connectivity index (χ0v) is 11.9. The minimum absolute atomic E-state index is 0.426. The smallest absolute Gasteiger partial charge is 0.0393 e. The van der Waals surface area contributed by atoms with Crippen molar-refractivity contribution in [3.05, 3.63) is 70.3 Å². The average molecular weight is 251 g/mol. The number of hydrogen-bond acceptors (Lipinski definition) is 1. The zero-order valence-electron chi connectivity index (χ0n) is 11.9. The molecule has 1 aliphatic rings. The maximum absolute atomic E-state index is 3.53. The molecule has 0 aliphatic heterocycles. The van der Waals surface area contributed by atoms with E-state index >= 15 is 0 Å². The van der Waals surface area contributed by atoms with Gasteiger partial charge in [-0.3, -0.25) is 0 Å². The molecule has 0 radical (unpaired) electrons. The Morgan fingerprint density at radius 3 is 2.58 bits per heavy atom. The molecule has 1 heteroatoms. The monoisotopic (exact) mass is 251 g/mol. The standard InChI is InChI=1S/C18H21N/c1-12-7-6-10-15(13(12)2)18(19-3)17-11-14-8-4-5-9-16(14)17/h4-10,17-19H,11H2,1-3H3. The number of hydrogen-bond donors (Lipinski definition) is 1. The van der Waals surface area contributed by atoms with Crippen molar-refractivity contribution in [2.45, 2.75) is 32.2 Å². The van der Waals surface area contributed by atoms with E-state index < -0.39 is 0 Å². The number of rotatable bonds is 3. The third-order valence-electron chi connectivity index (χ3n) is 4.59. The van der Waals surface area contributed by atoms with Gasteiger partial charge in [-0.2, -0.15) is 0 Å². The average Bonchev–Trinajstić information content (AvgIpc) is 2.40. The summed E-state index contributed by atoms with van der Waals surface area (Å²) >= 11 is 0. The molecule has 2 aromatic carbocycles. The molecule has 19 heavy (non-hydrogen) atoms. The minimum atomic E-state index is 0.426. The van der Waals surface area contributed by atoms with Gasteiger partial charge in [0.05, 0.1) is 0 Å². The second-order valence-electron chi connectivity index (χ2n) is 5.56. The Morgan fingerprint density at radius 1 is 1.05 bits per heavy atom. The van der Waals surface area contributed by atoms with Gasteiger partial charge in [-0.1, -0.05) is 42.5 Å². The fourth-order valence-corrected chi connectivity index (χ4v) is 3.28. The fraction of sp³-hybridized carbons (Fsp3) is 0.333. The SMILES string of the molecule is CNC(c1cccc(C)c1C)C1Cc2ccccc21. The molecular formula is C18H21N. The highest BCUT2D eigenvalue weighted by atomic mass is 14.9. The van der Waals surface area contributed by atoms with Gasteiger partial charge in [-0.15, -0.1) is 0 Å². The third-order valence-corrected chi connectivity index (χ3v) is 4.59. The Hall–Kier alpha value is -1.60. The normalized spacial score (nSPS) is 18.6.